The minimum atomic E-state index is 1.15. The largest absolute Gasteiger partial charge is 0.309 e. The molecule has 0 unspecified atom stereocenters. The fraction of sp³-hybridized carbons (Fsp3) is 0. The normalized spacial score (nSPS) is 12.2. The molecule has 0 radical (unpaired) electrons. The second-order valence-electron chi connectivity index (χ2n) is 18.0. The molecular formula is C64H39N3. The van der Waals surface area contributed by atoms with Gasteiger partial charge in [0.1, 0.15) is 0 Å². The van der Waals surface area contributed by atoms with Gasteiger partial charge < -0.3 is 13.5 Å². The summed E-state index contributed by atoms with van der Waals surface area (Å²) in [7, 11) is 0. The Morgan fingerprint density at radius 1 is 0.209 bits per heavy atom. The number of hydrogen-bond acceptors (Lipinski definition) is 0. The predicted molar refractivity (Wildman–Crippen MR) is 284 cm³/mol. The zero-order valence-corrected chi connectivity index (χ0v) is 36.4. The first-order chi connectivity index (χ1) is 33.2. The highest BCUT2D eigenvalue weighted by atomic mass is 15.0. The first-order valence-corrected chi connectivity index (χ1v) is 23.2. The lowest BCUT2D eigenvalue weighted by molar-refractivity contribution is 1.18. The highest BCUT2D eigenvalue weighted by molar-refractivity contribution is 6.24. The van der Waals surface area contributed by atoms with Crippen LogP contribution in [0.4, 0.5) is 0 Å². The highest BCUT2D eigenvalue weighted by Crippen LogP contribution is 2.44. The van der Waals surface area contributed by atoms with Crippen LogP contribution >= 0.6 is 0 Å². The summed E-state index contributed by atoms with van der Waals surface area (Å²) in [5.74, 6) is 0. The molecule has 0 aliphatic rings. The van der Waals surface area contributed by atoms with Gasteiger partial charge in [-0.3, -0.25) is 0 Å². The average molecular weight is 850 g/mol. The molecule has 67 heavy (non-hydrogen) atoms. The average Bonchev–Trinajstić information content (AvgIpc) is 4.12. The number of hydrogen-bond donors (Lipinski definition) is 0. The van der Waals surface area contributed by atoms with E-state index in [0.29, 0.717) is 0 Å². The number of para-hydroxylation sites is 5. The number of fused-ring (bicyclic) bond motifs is 13. The molecule has 0 atom stereocenters. The van der Waals surface area contributed by atoms with Gasteiger partial charge in [-0.05, 0) is 129 Å². The third kappa shape index (κ3) is 5.17. The summed E-state index contributed by atoms with van der Waals surface area (Å²) < 4.78 is 7.26. The third-order valence-corrected chi connectivity index (χ3v) is 14.6. The quantitative estimate of drug-likeness (QED) is 0.164. The van der Waals surface area contributed by atoms with Gasteiger partial charge in [-0.25, -0.2) is 0 Å². The molecule has 0 N–H and O–H groups in total. The van der Waals surface area contributed by atoms with Crippen LogP contribution in [0.25, 0.3) is 137 Å². The van der Waals surface area contributed by atoms with Crippen LogP contribution in [-0.2, 0) is 0 Å². The van der Waals surface area contributed by atoms with Crippen LogP contribution < -0.4 is 0 Å². The molecule has 0 saturated carbocycles. The van der Waals surface area contributed by atoms with Crippen molar-refractivity contribution in [2.45, 2.75) is 0 Å². The van der Waals surface area contributed by atoms with Crippen LogP contribution in [0.15, 0.2) is 237 Å². The van der Waals surface area contributed by atoms with E-state index < -0.39 is 0 Å². The molecule has 3 nitrogen and oxygen atoms in total. The maximum Gasteiger partial charge on any atom is 0.0620 e. The van der Waals surface area contributed by atoms with Gasteiger partial charge in [0.05, 0.1) is 38.6 Å². The minimum Gasteiger partial charge on any atom is -0.309 e. The second-order valence-corrected chi connectivity index (χ2v) is 18.0. The lowest BCUT2D eigenvalue weighted by atomic mass is 9.92. The van der Waals surface area contributed by atoms with E-state index in [4.69, 9.17) is 0 Å². The summed E-state index contributed by atoms with van der Waals surface area (Å²) in [6.07, 6.45) is 0. The SMILES string of the molecule is c1ccc(-n2c3ccccc3c3cc(-c4cccc5c(-c6ccc7c(c6)c6ccccc6n7-c6ccc(-c7cc8c9ccccc9n9c%10ccccc%10c(c7)c89)cc6)cccc45)ccc32)cc1. The van der Waals surface area contributed by atoms with Crippen molar-refractivity contribution in [1.29, 1.82) is 0 Å². The Balaban J connectivity index is 0.835. The van der Waals surface area contributed by atoms with Gasteiger partial charge >= 0.3 is 0 Å². The monoisotopic (exact) mass is 849 g/mol. The van der Waals surface area contributed by atoms with Crippen molar-refractivity contribution in [2.24, 2.45) is 0 Å². The Hall–Kier alpha value is -8.92. The fourth-order valence-corrected chi connectivity index (χ4v) is 11.6. The molecule has 310 valence electrons. The highest BCUT2D eigenvalue weighted by Gasteiger charge is 2.20. The van der Waals surface area contributed by atoms with Crippen molar-refractivity contribution < 1.29 is 0 Å². The van der Waals surface area contributed by atoms with Gasteiger partial charge in [0.25, 0.3) is 0 Å². The molecule has 11 aromatic carbocycles. The van der Waals surface area contributed by atoms with E-state index in [9.17, 15) is 0 Å². The van der Waals surface area contributed by atoms with E-state index in [-0.39, 0.29) is 0 Å². The first-order valence-electron chi connectivity index (χ1n) is 23.2. The van der Waals surface area contributed by atoms with E-state index in [2.05, 4.69) is 250 Å². The summed E-state index contributed by atoms with van der Waals surface area (Å²) in [5.41, 5.74) is 18.3. The van der Waals surface area contributed by atoms with Gasteiger partial charge in [0, 0.05) is 54.5 Å². The standard InChI is InChI=1S/C64H39N3/c1-2-14-44(15-3-1)65-58-24-8-4-16-50(58)54-36-41(30-34-62(54)65)46-20-12-23-49-47(21-13-22-48(46)49)42-31-35-63-55(37-42)51-17-5-9-25-59(51)66(63)45-32-28-40(29-33-45)43-38-56-52-18-6-10-26-60(52)67-61-27-11-7-19-53(61)57(39-43)64(56)67/h1-39H. The lowest BCUT2D eigenvalue weighted by Gasteiger charge is -2.13. The van der Waals surface area contributed by atoms with Crippen LogP contribution in [0.3, 0.4) is 0 Å². The van der Waals surface area contributed by atoms with E-state index in [0.717, 1.165) is 5.69 Å². The molecule has 4 aromatic heterocycles. The first kappa shape index (κ1) is 36.4. The number of aromatic nitrogens is 3. The lowest BCUT2D eigenvalue weighted by Crippen LogP contribution is -1.94. The van der Waals surface area contributed by atoms with Crippen LogP contribution in [0, 0.1) is 0 Å². The van der Waals surface area contributed by atoms with E-state index in [1.54, 1.807) is 0 Å². The van der Waals surface area contributed by atoms with Crippen molar-refractivity contribution >= 4 is 92.5 Å². The minimum absolute atomic E-state index is 1.15. The Morgan fingerprint density at radius 2 is 0.582 bits per heavy atom. The Bertz CT molecular complexity index is 4400. The molecule has 3 heteroatoms. The summed E-state index contributed by atoms with van der Waals surface area (Å²) >= 11 is 0. The zero-order chi connectivity index (χ0) is 43.7. The summed E-state index contributed by atoms with van der Waals surface area (Å²) in [6.45, 7) is 0. The zero-order valence-electron chi connectivity index (χ0n) is 36.4. The van der Waals surface area contributed by atoms with E-state index in [1.165, 1.54) is 132 Å². The fourth-order valence-electron chi connectivity index (χ4n) is 11.6. The molecule has 0 spiro atoms. The Kier molecular flexibility index (Phi) is 7.50. The van der Waals surface area contributed by atoms with Gasteiger partial charge in [-0.2, -0.15) is 0 Å². The summed E-state index contributed by atoms with van der Waals surface area (Å²) in [4.78, 5) is 0. The van der Waals surface area contributed by atoms with Crippen molar-refractivity contribution in [3.05, 3.63) is 237 Å². The van der Waals surface area contributed by atoms with E-state index in [1.807, 2.05) is 0 Å². The van der Waals surface area contributed by atoms with Crippen LogP contribution in [-0.4, -0.2) is 13.5 Å². The van der Waals surface area contributed by atoms with Crippen LogP contribution in [0.1, 0.15) is 0 Å². The maximum absolute atomic E-state index is 2.45. The van der Waals surface area contributed by atoms with Gasteiger partial charge in [0.15, 0.2) is 0 Å². The van der Waals surface area contributed by atoms with Gasteiger partial charge in [0.2, 0.25) is 0 Å². The number of rotatable bonds is 5. The number of benzene rings is 11. The number of nitrogens with zero attached hydrogens (tertiary/aromatic N) is 3. The Labute approximate surface area is 385 Å². The molecule has 0 bridgehead atoms. The second kappa shape index (κ2) is 13.8. The molecule has 0 aliphatic heterocycles. The summed E-state index contributed by atoms with van der Waals surface area (Å²) in [5, 5.41) is 12.7. The van der Waals surface area contributed by atoms with Gasteiger partial charge in [-0.1, -0.05) is 152 Å². The Morgan fingerprint density at radius 3 is 1.09 bits per heavy atom. The molecule has 4 heterocycles. The molecule has 0 fully saturated rings. The predicted octanol–water partition coefficient (Wildman–Crippen LogP) is 17.2. The third-order valence-electron chi connectivity index (χ3n) is 14.6. The van der Waals surface area contributed by atoms with Crippen LogP contribution in [0.5, 0.6) is 0 Å². The van der Waals surface area contributed by atoms with Crippen molar-refractivity contribution in [1.82, 2.24) is 13.5 Å². The molecule has 0 saturated heterocycles. The molecule has 15 rings (SSSR count). The van der Waals surface area contributed by atoms with Gasteiger partial charge in [-0.15, -0.1) is 0 Å². The van der Waals surface area contributed by atoms with E-state index >= 15 is 0 Å². The smallest absolute Gasteiger partial charge is 0.0620 e. The van der Waals surface area contributed by atoms with Crippen molar-refractivity contribution in [3.63, 3.8) is 0 Å². The van der Waals surface area contributed by atoms with Crippen molar-refractivity contribution in [2.75, 3.05) is 0 Å². The maximum atomic E-state index is 2.45. The molecule has 15 aromatic rings. The molecular weight excluding hydrogens is 811 g/mol. The summed E-state index contributed by atoms with van der Waals surface area (Å²) in [6, 6.07) is 87.4. The molecule has 0 aliphatic carbocycles. The van der Waals surface area contributed by atoms with Crippen molar-refractivity contribution in [3.8, 4) is 44.8 Å². The topological polar surface area (TPSA) is 14.3 Å². The van der Waals surface area contributed by atoms with Crippen LogP contribution in [0.2, 0.25) is 0 Å². The molecule has 0 amide bonds.